The lowest BCUT2D eigenvalue weighted by molar-refractivity contribution is -0.137. The zero-order valence-corrected chi connectivity index (χ0v) is 11.1. The summed E-state index contributed by atoms with van der Waals surface area (Å²) in [6.45, 7) is 0.205. The average molecular weight is 289 g/mol. The second-order valence-corrected chi connectivity index (χ2v) is 5.94. The number of halogens is 1. The molecule has 0 fully saturated rings. The minimum Gasteiger partial charge on any atom is -0.481 e. The Morgan fingerprint density at radius 3 is 2.42 bits per heavy atom. The number of aliphatic carboxylic acids is 1. The molecule has 0 aliphatic rings. The van der Waals surface area contributed by atoms with Crippen molar-refractivity contribution in [3.63, 3.8) is 0 Å². The third-order valence-corrected chi connectivity index (χ3v) is 3.77. The first-order valence-corrected chi connectivity index (χ1v) is 7.48. The monoisotopic (exact) mass is 289 g/mol. The van der Waals surface area contributed by atoms with Crippen molar-refractivity contribution in [3.05, 3.63) is 35.6 Å². The number of sulfonamides is 1. The molecule has 0 amide bonds. The molecular formula is C12H16FNO4S. The molecule has 0 spiro atoms. The number of unbranched alkanes of at least 4 members (excludes halogenated alkanes) is 1. The number of rotatable bonds is 8. The summed E-state index contributed by atoms with van der Waals surface area (Å²) in [4.78, 5) is 10.3. The van der Waals surface area contributed by atoms with Gasteiger partial charge in [-0.1, -0.05) is 12.1 Å². The van der Waals surface area contributed by atoms with E-state index in [4.69, 9.17) is 5.11 Å². The molecule has 5 nitrogen and oxygen atoms in total. The quantitative estimate of drug-likeness (QED) is 0.710. The molecule has 0 bridgehead atoms. The minimum absolute atomic E-state index is 0.0275. The lowest BCUT2D eigenvalue weighted by Gasteiger charge is -2.06. The molecule has 0 saturated carbocycles. The van der Waals surface area contributed by atoms with Crippen molar-refractivity contribution in [2.75, 3.05) is 6.54 Å². The van der Waals surface area contributed by atoms with E-state index in [1.54, 1.807) is 0 Å². The molecule has 0 aliphatic heterocycles. The van der Waals surface area contributed by atoms with E-state index in [1.165, 1.54) is 24.3 Å². The van der Waals surface area contributed by atoms with Crippen LogP contribution in [0.2, 0.25) is 0 Å². The Labute approximate surface area is 111 Å². The van der Waals surface area contributed by atoms with Crippen molar-refractivity contribution in [1.82, 2.24) is 4.72 Å². The number of carbonyl (C=O) groups is 1. The topological polar surface area (TPSA) is 83.5 Å². The highest BCUT2D eigenvalue weighted by atomic mass is 32.2. The molecule has 106 valence electrons. The maximum absolute atomic E-state index is 12.7. The maximum Gasteiger partial charge on any atom is 0.303 e. The van der Waals surface area contributed by atoms with Gasteiger partial charge in [-0.2, -0.15) is 0 Å². The van der Waals surface area contributed by atoms with E-state index in [1.807, 2.05) is 0 Å². The lowest BCUT2D eigenvalue weighted by atomic mass is 10.2. The van der Waals surface area contributed by atoms with Crippen LogP contribution in [0.3, 0.4) is 0 Å². The number of carboxylic acid groups (broad SMARTS) is 1. The smallest absolute Gasteiger partial charge is 0.303 e. The molecule has 1 rings (SSSR count). The van der Waals surface area contributed by atoms with Crippen LogP contribution in [0, 0.1) is 5.82 Å². The van der Waals surface area contributed by atoms with Gasteiger partial charge in [0.1, 0.15) is 5.82 Å². The second-order valence-electron chi connectivity index (χ2n) is 4.13. The van der Waals surface area contributed by atoms with E-state index in [2.05, 4.69) is 4.72 Å². The summed E-state index contributed by atoms with van der Waals surface area (Å²) < 4.78 is 38.4. The molecule has 19 heavy (non-hydrogen) atoms. The first kappa shape index (κ1) is 15.6. The van der Waals surface area contributed by atoms with Crippen molar-refractivity contribution in [2.24, 2.45) is 0 Å². The fourth-order valence-corrected chi connectivity index (χ4v) is 2.67. The minimum atomic E-state index is -3.47. The van der Waals surface area contributed by atoms with Gasteiger partial charge < -0.3 is 5.11 Å². The van der Waals surface area contributed by atoms with Crippen molar-refractivity contribution >= 4 is 16.0 Å². The highest BCUT2D eigenvalue weighted by Crippen LogP contribution is 2.06. The number of benzene rings is 1. The highest BCUT2D eigenvalue weighted by molar-refractivity contribution is 7.88. The zero-order chi connectivity index (χ0) is 14.3. The van der Waals surface area contributed by atoms with Crippen LogP contribution in [0.1, 0.15) is 24.8 Å². The van der Waals surface area contributed by atoms with Crippen LogP contribution in [0.4, 0.5) is 4.39 Å². The van der Waals surface area contributed by atoms with Gasteiger partial charge in [0.05, 0.1) is 5.75 Å². The molecule has 0 unspecified atom stereocenters. The van der Waals surface area contributed by atoms with Crippen molar-refractivity contribution in [3.8, 4) is 0 Å². The molecular weight excluding hydrogens is 273 g/mol. The van der Waals surface area contributed by atoms with Crippen LogP contribution in [0.15, 0.2) is 24.3 Å². The van der Waals surface area contributed by atoms with Gasteiger partial charge in [-0.25, -0.2) is 17.5 Å². The Kier molecular flexibility index (Phi) is 5.91. The van der Waals surface area contributed by atoms with Crippen LogP contribution < -0.4 is 4.72 Å². The first-order chi connectivity index (χ1) is 8.89. The number of carboxylic acids is 1. The van der Waals surface area contributed by atoms with E-state index in [0.29, 0.717) is 18.4 Å². The van der Waals surface area contributed by atoms with Crippen LogP contribution in [-0.2, 0) is 20.6 Å². The van der Waals surface area contributed by atoms with E-state index >= 15 is 0 Å². The van der Waals surface area contributed by atoms with E-state index in [0.717, 1.165) is 0 Å². The molecule has 0 aliphatic carbocycles. The van der Waals surface area contributed by atoms with Crippen LogP contribution in [-0.4, -0.2) is 26.0 Å². The van der Waals surface area contributed by atoms with E-state index in [-0.39, 0.29) is 18.7 Å². The van der Waals surface area contributed by atoms with Gasteiger partial charge in [-0.3, -0.25) is 4.79 Å². The van der Waals surface area contributed by atoms with Crippen LogP contribution in [0.5, 0.6) is 0 Å². The molecule has 0 radical (unpaired) electrons. The molecule has 0 atom stereocenters. The second kappa shape index (κ2) is 7.20. The molecule has 1 aromatic carbocycles. The van der Waals surface area contributed by atoms with Gasteiger partial charge in [-0.05, 0) is 30.5 Å². The molecule has 0 saturated heterocycles. The standard InChI is InChI=1S/C12H16FNO4S/c13-11-6-4-10(5-7-11)9-19(17,18)14-8-2-1-3-12(15)16/h4-7,14H,1-3,8-9H2,(H,15,16). The van der Waals surface area contributed by atoms with Crippen molar-refractivity contribution < 1.29 is 22.7 Å². The van der Waals surface area contributed by atoms with E-state index in [9.17, 15) is 17.6 Å². The summed E-state index contributed by atoms with van der Waals surface area (Å²) in [5.41, 5.74) is 0.499. The third kappa shape index (κ3) is 6.88. The van der Waals surface area contributed by atoms with Crippen LogP contribution >= 0.6 is 0 Å². The largest absolute Gasteiger partial charge is 0.481 e. The van der Waals surface area contributed by atoms with E-state index < -0.39 is 21.8 Å². The van der Waals surface area contributed by atoms with Gasteiger partial charge in [0.25, 0.3) is 0 Å². The van der Waals surface area contributed by atoms with Crippen LogP contribution in [0.25, 0.3) is 0 Å². The maximum atomic E-state index is 12.7. The summed E-state index contributed by atoms with van der Waals surface area (Å²) in [7, 11) is -3.47. The normalized spacial score (nSPS) is 11.4. The Morgan fingerprint density at radius 1 is 1.21 bits per heavy atom. The third-order valence-electron chi connectivity index (χ3n) is 2.41. The molecule has 2 N–H and O–H groups in total. The molecule has 0 heterocycles. The first-order valence-electron chi connectivity index (χ1n) is 5.82. The predicted molar refractivity (Wildman–Crippen MR) is 68.5 cm³/mol. The number of nitrogens with one attached hydrogen (secondary N) is 1. The average Bonchev–Trinajstić information content (AvgIpc) is 2.31. The van der Waals surface area contributed by atoms with Crippen molar-refractivity contribution in [1.29, 1.82) is 0 Å². The molecule has 0 aromatic heterocycles. The number of hydrogen-bond acceptors (Lipinski definition) is 3. The van der Waals surface area contributed by atoms with Gasteiger partial charge >= 0.3 is 5.97 Å². The summed E-state index contributed by atoms with van der Waals surface area (Å²) in [6, 6.07) is 5.24. The Bertz CT molecular complexity index is 513. The van der Waals surface area contributed by atoms with Gasteiger partial charge in [-0.15, -0.1) is 0 Å². The predicted octanol–water partition coefficient (Wildman–Crippen LogP) is 1.50. The Morgan fingerprint density at radius 2 is 1.84 bits per heavy atom. The van der Waals surface area contributed by atoms with Gasteiger partial charge in [0.2, 0.25) is 10.0 Å². The lowest BCUT2D eigenvalue weighted by Crippen LogP contribution is -2.26. The Hall–Kier alpha value is -1.47. The zero-order valence-electron chi connectivity index (χ0n) is 10.3. The SMILES string of the molecule is O=C(O)CCCCNS(=O)(=O)Cc1ccc(F)cc1. The Balaban J connectivity index is 2.35. The molecule has 7 heteroatoms. The molecule has 1 aromatic rings. The van der Waals surface area contributed by atoms with Gasteiger partial charge in [0, 0.05) is 13.0 Å². The summed E-state index contributed by atoms with van der Waals surface area (Å²) in [5.74, 6) is -1.52. The summed E-state index contributed by atoms with van der Waals surface area (Å²) in [6.07, 6.45) is 0.920. The highest BCUT2D eigenvalue weighted by Gasteiger charge is 2.10. The van der Waals surface area contributed by atoms with Gasteiger partial charge in [0.15, 0.2) is 0 Å². The summed E-state index contributed by atoms with van der Waals surface area (Å²) in [5, 5.41) is 8.42. The summed E-state index contributed by atoms with van der Waals surface area (Å²) >= 11 is 0. The fraction of sp³-hybridized carbons (Fsp3) is 0.417. The van der Waals surface area contributed by atoms with Crippen molar-refractivity contribution in [2.45, 2.75) is 25.0 Å². The fourth-order valence-electron chi connectivity index (χ4n) is 1.48. The number of hydrogen-bond donors (Lipinski definition) is 2.